The number of hydrogen-bond donors (Lipinski definition) is 1. The maximum absolute atomic E-state index is 11.6. The van der Waals surface area contributed by atoms with Crippen molar-refractivity contribution in [2.75, 3.05) is 13.7 Å². The fourth-order valence-electron chi connectivity index (χ4n) is 1.86. The summed E-state index contributed by atoms with van der Waals surface area (Å²) in [6.07, 6.45) is 3.35. The number of ether oxygens (including phenoxy) is 2. The van der Waals surface area contributed by atoms with Crippen LogP contribution in [0.2, 0.25) is 0 Å². The van der Waals surface area contributed by atoms with E-state index in [0.29, 0.717) is 18.5 Å². The van der Waals surface area contributed by atoms with Crippen LogP contribution in [-0.4, -0.2) is 36.2 Å². The highest BCUT2D eigenvalue weighted by atomic mass is 16.6. The van der Waals surface area contributed by atoms with Crippen molar-refractivity contribution in [1.82, 2.24) is 5.32 Å². The molecule has 1 amide bonds. The monoisotopic (exact) mass is 350 g/mol. The molecule has 0 radical (unpaired) electrons. The Morgan fingerprint density at radius 3 is 2.52 bits per heavy atom. The number of methoxy groups -OCH3 is 1. The number of alkyl carbamates (subject to hydrolysis) is 1. The van der Waals surface area contributed by atoms with Gasteiger partial charge in [0.05, 0.1) is 17.6 Å². The first-order valence-corrected chi connectivity index (χ1v) is 7.63. The topological polar surface area (TPSA) is 108 Å². The zero-order valence-corrected chi connectivity index (χ0v) is 14.7. The molecule has 1 N–H and O–H groups in total. The van der Waals surface area contributed by atoms with Gasteiger partial charge in [-0.25, -0.2) is 9.59 Å². The van der Waals surface area contributed by atoms with Crippen molar-refractivity contribution in [3.8, 4) is 0 Å². The zero-order valence-electron chi connectivity index (χ0n) is 14.7. The molecule has 0 saturated heterocycles. The average molecular weight is 350 g/mol. The molecule has 0 saturated carbocycles. The second kappa shape index (κ2) is 8.81. The van der Waals surface area contributed by atoms with Crippen LogP contribution >= 0.6 is 0 Å². The summed E-state index contributed by atoms with van der Waals surface area (Å²) in [5, 5.41) is 13.5. The van der Waals surface area contributed by atoms with Crippen LogP contribution in [0.15, 0.2) is 24.3 Å². The minimum Gasteiger partial charge on any atom is -0.465 e. The van der Waals surface area contributed by atoms with Gasteiger partial charge in [0, 0.05) is 18.7 Å². The van der Waals surface area contributed by atoms with Gasteiger partial charge in [-0.3, -0.25) is 10.1 Å². The molecule has 0 aliphatic rings. The number of rotatable bonds is 6. The SMILES string of the molecule is COC(=O)c1cc(C=CCCNC(=O)OC(C)(C)C)cc([N+](=O)[O-])c1. The Morgan fingerprint density at radius 2 is 1.96 bits per heavy atom. The molecular formula is C17H22N2O6. The summed E-state index contributed by atoms with van der Waals surface area (Å²) in [6, 6.07) is 4.01. The largest absolute Gasteiger partial charge is 0.465 e. The molecule has 0 bridgehead atoms. The number of nitro benzene ring substituents is 1. The molecule has 25 heavy (non-hydrogen) atoms. The zero-order chi connectivity index (χ0) is 19.0. The minimum absolute atomic E-state index is 0.100. The molecule has 0 aromatic heterocycles. The second-order valence-corrected chi connectivity index (χ2v) is 6.18. The van der Waals surface area contributed by atoms with E-state index in [9.17, 15) is 19.7 Å². The van der Waals surface area contributed by atoms with E-state index in [0.717, 1.165) is 6.07 Å². The molecule has 8 nitrogen and oxygen atoms in total. The lowest BCUT2D eigenvalue weighted by Gasteiger charge is -2.19. The fourth-order valence-corrected chi connectivity index (χ4v) is 1.86. The normalized spacial score (nSPS) is 11.2. The number of esters is 1. The van der Waals surface area contributed by atoms with Gasteiger partial charge in [0.1, 0.15) is 5.60 Å². The number of nitrogens with one attached hydrogen (secondary N) is 1. The van der Waals surface area contributed by atoms with Gasteiger partial charge in [0.25, 0.3) is 5.69 Å². The van der Waals surface area contributed by atoms with Crippen LogP contribution in [0, 0.1) is 10.1 Å². The molecule has 8 heteroatoms. The van der Waals surface area contributed by atoms with Crippen LogP contribution in [0.5, 0.6) is 0 Å². The van der Waals surface area contributed by atoms with Gasteiger partial charge in [-0.1, -0.05) is 12.2 Å². The van der Waals surface area contributed by atoms with Gasteiger partial charge in [0.15, 0.2) is 0 Å². The van der Waals surface area contributed by atoms with Crippen molar-refractivity contribution < 1.29 is 24.0 Å². The lowest BCUT2D eigenvalue weighted by Crippen LogP contribution is -2.32. The average Bonchev–Trinajstić information content (AvgIpc) is 2.51. The first kappa shape index (κ1) is 20.1. The maximum atomic E-state index is 11.6. The van der Waals surface area contributed by atoms with Crippen LogP contribution in [0.3, 0.4) is 0 Å². The van der Waals surface area contributed by atoms with E-state index in [1.807, 2.05) is 0 Å². The Labute approximate surface area is 146 Å². The van der Waals surface area contributed by atoms with Gasteiger partial charge < -0.3 is 14.8 Å². The van der Waals surface area contributed by atoms with E-state index in [4.69, 9.17) is 4.74 Å². The van der Waals surface area contributed by atoms with Gasteiger partial charge in [-0.05, 0) is 38.8 Å². The molecule has 0 spiro atoms. The molecular weight excluding hydrogens is 328 g/mol. The predicted octanol–water partition coefficient (Wildman–Crippen LogP) is 3.31. The van der Waals surface area contributed by atoms with Crippen LogP contribution in [-0.2, 0) is 9.47 Å². The van der Waals surface area contributed by atoms with Gasteiger partial charge in [0.2, 0.25) is 0 Å². The van der Waals surface area contributed by atoms with Crippen molar-refractivity contribution >= 4 is 23.8 Å². The third-order valence-electron chi connectivity index (χ3n) is 2.86. The Hall–Kier alpha value is -2.90. The van der Waals surface area contributed by atoms with Crippen molar-refractivity contribution in [3.63, 3.8) is 0 Å². The molecule has 0 unspecified atom stereocenters. The van der Waals surface area contributed by atoms with Crippen molar-refractivity contribution in [2.45, 2.75) is 32.8 Å². The molecule has 0 aliphatic carbocycles. The van der Waals surface area contributed by atoms with Gasteiger partial charge in [-0.15, -0.1) is 0 Å². The minimum atomic E-state index is -0.648. The van der Waals surface area contributed by atoms with Gasteiger partial charge in [-0.2, -0.15) is 0 Å². The third kappa shape index (κ3) is 7.47. The lowest BCUT2D eigenvalue weighted by molar-refractivity contribution is -0.384. The van der Waals surface area contributed by atoms with Crippen LogP contribution in [0.25, 0.3) is 6.08 Å². The Morgan fingerprint density at radius 1 is 1.28 bits per heavy atom. The maximum Gasteiger partial charge on any atom is 0.407 e. The van der Waals surface area contributed by atoms with Crippen LogP contribution in [0.1, 0.15) is 43.1 Å². The van der Waals surface area contributed by atoms with E-state index in [1.54, 1.807) is 32.9 Å². The Kier molecular flexibility index (Phi) is 7.10. The standard InChI is InChI=1S/C17H22N2O6/c1-17(2,3)25-16(21)18-8-6-5-7-12-9-13(15(20)24-4)11-14(10-12)19(22)23/h5,7,9-11H,6,8H2,1-4H3,(H,18,21). The van der Waals surface area contributed by atoms with E-state index in [1.165, 1.54) is 19.2 Å². The summed E-state index contributed by atoms with van der Waals surface area (Å²) in [5.74, 6) is -0.648. The quantitative estimate of drug-likeness (QED) is 0.365. The molecule has 0 aliphatic heterocycles. The third-order valence-corrected chi connectivity index (χ3v) is 2.86. The molecule has 136 valence electrons. The predicted molar refractivity (Wildman–Crippen MR) is 92.3 cm³/mol. The van der Waals surface area contributed by atoms with Crippen molar-refractivity contribution in [1.29, 1.82) is 0 Å². The summed E-state index contributed by atoms with van der Waals surface area (Å²) < 4.78 is 9.69. The molecule has 0 atom stereocenters. The Balaban J connectivity index is 2.68. The molecule has 1 rings (SSSR count). The number of nitrogens with zero attached hydrogens (tertiary/aromatic N) is 1. The summed E-state index contributed by atoms with van der Waals surface area (Å²) in [6.45, 7) is 5.67. The highest BCUT2D eigenvalue weighted by Gasteiger charge is 2.15. The van der Waals surface area contributed by atoms with E-state index in [2.05, 4.69) is 10.1 Å². The number of nitro groups is 1. The van der Waals surface area contributed by atoms with Crippen LogP contribution < -0.4 is 5.32 Å². The molecule has 0 fully saturated rings. The number of benzene rings is 1. The summed E-state index contributed by atoms with van der Waals surface area (Å²) in [7, 11) is 1.21. The lowest BCUT2D eigenvalue weighted by atomic mass is 10.1. The number of carbonyl (C=O) groups is 2. The van der Waals surface area contributed by atoms with E-state index < -0.39 is 22.6 Å². The van der Waals surface area contributed by atoms with Crippen LogP contribution in [0.4, 0.5) is 10.5 Å². The Bertz CT molecular complexity index is 676. The van der Waals surface area contributed by atoms with E-state index in [-0.39, 0.29) is 11.3 Å². The first-order valence-electron chi connectivity index (χ1n) is 7.63. The highest BCUT2D eigenvalue weighted by Crippen LogP contribution is 2.19. The van der Waals surface area contributed by atoms with Crippen molar-refractivity contribution in [3.05, 3.63) is 45.5 Å². The van der Waals surface area contributed by atoms with Crippen molar-refractivity contribution in [2.24, 2.45) is 0 Å². The molecule has 1 aromatic rings. The number of carbonyl (C=O) groups excluding carboxylic acids is 2. The number of amides is 1. The summed E-state index contributed by atoms with van der Waals surface area (Å²) in [5.41, 5.74) is -0.169. The molecule has 0 heterocycles. The van der Waals surface area contributed by atoms with E-state index >= 15 is 0 Å². The number of non-ortho nitro benzene ring substituents is 1. The smallest absolute Gasteiger partial charge is 0.407 e. The first-order chi connectivity index (χ1) is 11.6. The molecule has 1 aromatic carbocycles. The summed E-state index contributed by atoms with van der Waals surface area (Å²) in [4.78, 5) is 33.4. The second-order valence-electron chi connectivity index (χ2n) is 6.18. The highest BCUT2D eigenvalue weighted by molar-refractivity contribution is 5.91. The fraction of sp³-hybridized carbons (Fsp3) is 0.412. The van der Waals surface area contributed by atoms with Gasteiger partial charge >= 0.3 is 12.1 Å². The summed E-state index contributed by atoms with van der Waals surface area (Å²) >= 11 is 0. The number of hydrogen-bond acceptors (Lipinski definition) is 6.